The SMILES string of the molecule is Cc1ccc(C(=O)N2CCC3(C(=O)Nc4cccc5c(=O)[nH]ccc45)CC3C2)nc1C. The highest BCUT2D eigenvalue weighted by molar-refractivity contribution is 6.05. The first-order valence-corrected chi connectivity index (χ1v) is 10.5. The molecule has 2 N–H and O–H groups in total. The van der Waals surface area contributed by atoms with Crippen LogP contribution in [0.5, 0.6) is 0 Å². The highest BCUT2D eigenvalue weighted by atomic mass is 16.2. The number of aryl methyl sites for hydroxylation is 2. The molecule has 2 atom stereocenters. The third-order valence-corrected chi connectivity index (χ3v) is 6.87. The van der Waals surface area contributed by atoms with E-state index >= 15 is 0 Å². The monoisotopic (exact) mass is 416 g/mol. The first kappa shape index (κ1) is 19.5. The molecule has 1 aromatic carbocycles. The van der Waals surface area contributed by atoms with E-state index in [1.54, 1.807) is 30.5 Å². The number of aromatic amines is 1. The second-order valence-corrected chi connectivity index (χ2v) is 8.68. The Hall–Kier alpha value is -3.48. The van der Waals surface area contributed by atoms with Gasteiger partial charge in [-0.3, -0.25) is 14.4 Å². The Labute approximate surface area is 179 Å². The number of carbonyl (C=O) groups is 2. The Kier molecular flexibility index (Phi) is 4.43. The summed E-state index contributed by atoms with van der Waals surface area (Å²) in [5.74, 6) is 0.0501. The van der Waals surface area contributed by atoms with Crippen LogP contribution in [0.25, 0.3) is 10.8 Å². The molecule has 31 heavy (non-hydrogen) atoms. The quantitative estimate of drug-likeness (QED) is 0.686. The van der Waals surface area contributed by atoms with Gasteiger partial charge in [0.15, 0.2) is 0 Å². The van der Waals surface area contributed by atoms with Gasteiger partial charge in [-0.2, -0.15) is 0 Å². The zero-order valence-electron chi connectivity index (χ0n) is 17.6. The average Bonchev–Trinajstić information content (AvgIpc) is 3.51. The molecule has 5 rings (SSSR count). The number of benzene rings is 1. The number of aromatic nitrogens is 2. The number of fused-ring (bicyclic) bond motifs is 2. The topological polar surface area (TPSA) is 95.2 Å². The van der Waals surface area contributed by atoms with E-state index in [0.29, 0.717) is 36.3 Å². The maximum Gasteiger partial charge on any atom is 0.272 e. The number of hydrogen-bond donors (Lipinski definition) is 2. The van der Waals surface area contributed by atoms with E-state index in [0.717, 1.165) is 23.1 Å². The number of carbonyl (C=O) groups excluding carboxylic acids is 2. The van der Waals surface area contributed by atoms with E-state index in [2.05, 4.69) is 15.3 Å². The Morgan fingerprint density at radius 1 is 1.16 bits per heavy atom. The molecule has 2 aromatic heterocycles. The summed E-state index contributed by atoms with van der Waals surface area (Å²) in [7, 11) is 0. The second kappa shape index (κ2) is 7.04. The van der Waals surface area contributed by atoms with Gasteiger partial charge in [-0.15, -0.1) is 0 Å². The van der Waals surface area contributed by atoms with Gasteiger partial charge in [0.1, 0.15) is 5.69 Å². The normalized spacial score (nSPS) is 22.1. The molecule has 1 aliphatic heterocycles. The van der Waals surface area contributed by atoms with Crippen LogP contribution in [0.4, 0.5) is 5.69 Å². The third-order valence-electron chi connectivity index (χ3n) is 6.87. The number of amides is 2. The zero-order valence-corrected chi connectivity index (χ0v) is 17.6. The van der Waals surface area contributed by atoms with Gasteiger partial charge in [-0.1, -0.05) is 12.1 Å². The molecule has 7 nitrogen and oxygen atoms in total. The zero-order chi connectivity index (χ0) is 21.8. The van der Waals surface area contributed by atoms with Crippen molar-refractivity contribution in [2.24, 2.45) is 11.3 Å². The number of likely N-dealkylation sites (tertiary alicyclic amines) is 1. The molecule has 2 amide bonds. The minimum Gasteiger partial charge on any atom is -0.337 e. The number of piperidine rings is 1. The van der Waals surface area contributed by atoms with E-state index in [1.807, 2.05) is 30.9 Å². The van der Waals surface area contributed by atoms with Crippen LogP contribution in [0.15, 0.2) is 47.4 Å². The van der Waals surface area contributed by atoms with Gasteiger partial charge in [0.2, 0.25) is 5.91 Å². The van der Waals surface area contributed by atoms with Crippen molar-refractivity contribution in [3.8, 4) is 0 Å². The van der Waals surface area contributed by atoms with E-state index in [-0.39, 0.29) is 23.3 Å². The van der Waals surface area contributed by atoms with Crippen LogP contribution in [0.2, 0.25) is 0 Å². The van der Waals surface area contributed by atoms with Crippen LogP contribution in [-0.2, 0) is 4.79 Å². The van der Waals surface area contributed by atoms with Gasteiger partial charge >= 0.3 is 0 Å². The first-order valence-electron chi connectivity index (χ1n) is 10.5. The summed E-state index contributed by atoms with van der Waals surface area (Å²) in [6.45, 7) is 4.98. The molecule has 158 valence electrons. The number of hydrogen-bond acceptors (Lipinski definition) is 4. The van der Waals surface area contributed by atoms with E-state index in [1.165, 1.54) is 0 Å². The third kappa shape index (κ3) is 3.21. The predicted molar refractivity (Wildman–Crippen MR) is 118 cm³/mol. The molecule has 0 bridgehead atoms. The lowest BCUT2D eigenvalue weighted by Gasteiger charge is -2.31. The van der Waals surface area contributed by atoms with Crippen molar-refractivity contribution < 1.29 is 9.59 Å². The molecule has 1 saturated carbocycles. The first-order chi connectivity index (χ1) is 14.9. The number of pyridine rings is 2. The lowest BCUT2D eigenvalue weighted by atomic mass is 9.93. The minimum absolute atomic E-state index is 0.0262. The number of rotatable bonds is 3. The Balaban J connectivity index is 1.30. The van der Waals surface area contributed by atoms with Crippen molar-refractivity contribution in [2.75, 3.05) is 18.4 Å². The van der Waals surface area contributed by atoms with Gasteiger partial charge < -0.3 is 15.2 Å². The summed E-state index contributed by atoms with van der Waals surface area (Å²) in [5, 5.41) is 4.32. The molecule has 2 unspecified atom stereocenters. The van der Waals surface area contributed by atoms with Crippen LogP contribution in [0.1, 0.15) is 34.6 Å². The van der Waals surface area contributed by atoms with Gasteiger partial charge in [0.05, 0.1) is 5.41 Å². The van der Waals surface area contributed by atoms with Crippen molar-refractivity contribution in [3.05, 3.63) is 69.9 Å². The van der Waals surface area contributed by atoms with Gasteiger partial charge in [0, 0.05) is 41.4 Å². The lowest BCUT2D eigenvalue weighted by molar-refractivity contribution is -0.122. The van der Waals surface area contributed by atoms with Crippen molar-refractivity contribution in [2.45, 2.75) is 26.7 Å². The van der Waals surface area contributed by atoms with Crippen molar-refractivity contribution in [1.82, 2.24) is 14.9 Å². The van der Waals surface area contributed by atoms with Gasteiger partial charge in [0.25, 0.3) is 11.5 Å². The highest BCUT2D eigenvalue weighted by Crippen LogP contribution is 2.58. The molecule has 0 spiro atoms. The molecule has 0 radical (unpaired) electrons. The maximum atomic E-state index is 13.2. The summed E-state index contributed by atoms with van der Waals surface area (Å²) in [4.78, 5) is 47.0. The number of nitrogens with one attached hydrogen (secondary N) is 2. The standard InChI is InChI=1S/C24H24N4O3/c1-14-6-7-20(26-15(14)2)22(30)28-11-9-24(12-16(24)13-28)23(31)27-19-5-3-4-18-17(19)8-10-25-21(18)29/h3-8,10,16H,9,11-13H2,1-2H3,(H,25,29)(H,27,31). The lowest BCUT2D eigenvalue weighted by Crippen LogP contribution is -2.43. The summed E-state index contributed by atoms with van der Waals surface area (Å²) in [6.07, 6.45) is 2.99. The second-order valence-electron chi connectivity index (χ2n) is 8.68. The number of H-pyrrole nitrogens is 1. The maximum absolute atomic E-state index is 13.2. The largest absolute Gasteiger partial charge is 0.337 e. The minimum atomic E-state index is -0.434. The fourth-order valence-corrected chi connectivity index (χ4v) is 4.68. The molecular weight excluding hydrogens is 392 g/mol. The highest BCUT2D eigenvalue weighted by Gasteiger charge is 2.62. The fraction of sp³-hybridized carbons (Fsp3) is 0.333. The van der Waals surface area contributed by atoms with E-state index in [4.69, 9.17) is 0 Å². The summed E-state index contributed by atoms with van der Waals surface area (Å²) in [5.41, 5.74) is 2.41. The van der Waals surface area contributed by atoms with Gasteiger partial charge in [-0.05, 0) is 62.4 Å². The van der Waals surface area contributed by atoms with E-state index < -0.39 is 5.41 Å². The van der Waals surface area contributed by atoms with Crippen molar-refractivity contribution in [1.29, 1.82) is 0 Å². The van der Waals surface area contributed by atoms with E-state index in [9.17, 15) is 14.4 Å². The molecular formula is C24H24N4O3. The summed E-state index contributed by atoms with van der Waals surface area (Å²) in [6, 6.07) is 10.8. The van der Waals surface area contributed by atoms with Crippen LogP contribution < -0.4 is 10.9 Å². The smallest absolute Gasteiger partial charge is 0.272 e. The molecule has 1 saturated heterocycles. The molecule has 7 heteroatoms. The molecule has 1 aliphatic carbocycles. The predicted octanol–water partition coefficient (Wildman–Crippen LogP) is 3.03. The van der Waals surface area contributed by atoms with Crippen LogP contribution in [0.3, 0.4) is 0 Å². The molecule has 3 heterocycles. The Morgan fingerprint density at radius 2 is 2.00 bits per heavy atom. The summed E-state index contributed by atoms with van der Waals surface area (Å²) < 4.78 is 0. The summed E-state index contributed by atoms with van der Waals surface area (Å²) >= 11 is 0. The Bertz CT molecular complexity index is 1280. The molecule has 3 aromatic rings. The van der Waals surface area contributed by atoms with Crippen molar-refractivity contribution in [3.63, 3.8) is 0 Å². The number of nitrogens with zero attached hydrogens (tertiary/aromatic N) is 2. The molecule has 2 fully saturated rings. The van der Waals surface area contributed by atoms with Gasteiger partial charge in [-0.25, -0.2) is 4.98 Å². The fourth-order valence-electron chi connectivity index (χ4n) is 4.68. The van der Waals surface area contributed by atoms with Crippen LogP contribution in [-0.4, -0.2) is 39.8 Å². The molecule has 2 aliphatic rings. The van der Waals surface area contributed by atoms with Crippen LogP contribution >= 0.6 is 0 Å². The number of anilines is 1. The van der Waals surface area contributed by atoms with Crippen LogP contribution in [0, 0.1) is 25.2 Å². The van der Waals surface area contributed by atoms with Crippen molar-refractivity contribution >= 4 is 28.3 Å². The Morgan fingerprint density at radius 3 is 2.77 bits per heavy atom. The average molecular weight is 416 g/mol.